The molecule has 0 aromatic heterocycles. The lowest BCUT2D eigenvalue weighted by molar-refractivity contribution is 0.297. The van der Waals surface area contributed by atoms with Gasteiger partial charge in [-0.1, -0.05) is 24.3 Å². The van der Waals surface area contributed by atoms with E-state index < -0.39 is 0 Å². The molecule has 4 nitrogen and oxygen atoms in total. The van der Waals surface area contributed by atoms with Gasteiger partial charge in [0.25, 0.3) is 0 Å². The Balaban J connectivity index is 0.00000225. The van der Waals surface area contributed by atoms with Crippen LogP contribution in [0.3, 0.4) is 0 Å². The maximum Gasteiger partial charge on any atom is 0.193 e. The molecule has 1 fully saturated rings. The number of anilines is 1. The van der Waals surface area contributed by atoms with Crippen molar-refractivity contribution in [3.8, 4) is 5.75 Å². The molecule has 1 aliphatic carbocycles. The fourth-order valence-corrected chi connectivity index (χ4v) is 2.44. The van der Waals surface area contributed by atoms with Crippen molar-refractivity contribution in [3.63, 3.8) is 0 Å². The minimum absolute atomic E-state index is 0. The zero-order valence-corrected chi connectivity index (χ0v) is 17.1. The summed E-state index contributed by atoms with van der Waals surface area (Å²) in [7, 11) is 0. The third-order valence-corrected chi connectivity index (χ3v) is 4.34. The normalized spacial score (nSPS) is 13.9. The number of aryl methyl sites for hydroxylation is 2. The van der Waals surface area contributed by atoms with E-state index in [-0.39, 0.29) is 24.0 Å². The van der Waals surface area contributed by atoms with E-state index in [2.05, 4.69) is 36.3 Å². The standard InChI is InChI=1S/C20H25N3O.HI/c1-14-7-10-18(11-15(14)2)23-20(21)22-12-17-5-3-4-6-19(17)24-13-16-8-9-16;/h3-7,10-11,16H,8-9,12-13H2,1-2H3,(H3,21,22,23);1H. The van der Waals surface area contributed by atoms with Crippen LogP contribution in [0.15, 0.2) is 47.5 Å². The van der Waals surface area contributed by atoms with Crippen molar-refractivity contribution in [3.05, 3.63) is 59.2 Å². The van der Waals surface area contributed by atoms with Crippen molar-refractivity contribution in [2.75, 3.05) is 11.9 Å². The minimum atomic E-state index is 0. The summed E-state index contributed by atoms with van der Waals surface area (Å²) >= 11 is 0. The highest BCUT2D eigenvalue weighted by molar-refractivity contribution is 14.0. The molecule has 3 rings (SSSR count). The number of ether oxygens (including phenoxy) is 1. The monoisotopic (exact) mass is 451 g/mol. The highest BCUT2D eigenvalue weighted by Crippen LogP contribution is 2.30. The number of guanidine groups is 1. The van der Waals surface area contributed by atoms with Gasteiger partial charge in [-0.2, -0.15) is 0 Å². The van der Waals surface area contributed by atoms with E-state index in [4.69, 9.17) is 10.5 Å². The Hall–Kier alpha value is -1.76. The predicted molar refractivity (Wildman–Crippen MR) is 115 cm³/mol. The number of nitrogens with zero attached hydrogens (tertiary/aromatic N) is 1. The highest BCUT2D eigenvalue weighted by atomic mass is 127. The molecule has 0 atom stereocenters. The number of benzene rings is 2. The van der Waals surface area contributed by atoms with Gasteiger partial charge in [-0.25, -0.2) is 4.99 Å². The Morgan fingerprint density at radius 2 is 1.92 bits per heavy atom. The smallest absolute Gasteiger partial charge is 0.193 e. The van der Waals surface area contributed by atoms with E-state index in [1.54, 1.807) is 0 Å². The van der Waals surface area contributed by atoms with Crippen LogP contribution in [0.5, 0.6) is 5.75 Å². The zero-order valence-electron chi connectivity index (χ0n) is 14.8. The average molecular weight is 451 g/mol. The number of halogens is 1. The first-order valence-corrected chi connectivity index (χ1v) is 8.46. The molecular weight excluding hydrogens is 425 g/mol. The Labute approximate surface area is 166 Å². The van der Waals surface area contributed by atoms with E-state index in [9.17, 15) is 0 Å². The Morgan fingerprint density at radius 3 is 2.64 bits per heavy atom. The maximum absolute atomic E-state index is 6.02. The van der Waals surface area contributed by atoms with Gasteiger partial charge in [-0.05, 0) is 61.9 Å². The molecule has 1 aliphatic rings. The number of aliphatic imine (C=N–C) groups is 1. The Morgan fingerprint density at radius 1 is 1.16 bits per heavy atom. The summed E-state index contributed by atoms with van der Waals surface area (Å²) in [6.45, 7) is 5.48. The van der Waals surface area contributed by atoms with Crippen LogP contribution in [0, 0.1) is 19.8 Å². The van der Waals surface area contributed by atoms with Crippen LogP contribution in [0.4, 0.5) is 5.69 Å². The van der Waals surface area contributed by atoms with Gasteiger partial charge in [0.1, 0.15) is 5.75 Å². The number of hydrogen-bond donors (Lipinski definition) is 2. The molecular formula is C20H26IN3O. The first kappa shape index (κ1) is 19.6. The second-order valence-electron chi connectivity index (χ2n) is 6.49. The summed E-state index contributed by atoms with van der Waals surface area (Å²) in [4.78, 5) is 4.45. The molecule has 0 amide bonds. The average Bonchev–Trinajstić information content (AvgIpc) is 3.39. The van der Waals surface area contributed by atoms with E-state index in [1.165, 1.54) is 24.0 Å². The number of rotatable bonds is 6. The molecule has 3 N–H and O–H groups in total. The quantitative estimate of drug-likeness (QED) is 0.382. The van der Waals surface area contributed by atoms with E-state index in [0.717, 1.165) is 29.5 Å². The van der Waals surface area contributed by atoms with Gasteiger partial charge in [0.05, 0.1) is 13.2 Å². The summed E-state index contributed by atoms with van der Waals surface area (Å²) in [6, 6.07) is 14.2. The van der Waals surface area contributed by atoms with Crippen LogP contribution < -0.4 is 15.8 Å². The van der Waals surface area contributed by atoms with Crippen LogP contribution in [-0.2, 0) is 6.54 Å². The molecule has 0 saturated heterocycles. The lowest BCUT2D eigenvalue weighted by Gasteiger charge is -2.11. The van der Waals surface area contributed by atoms with Crippen molar-refractivity contribution in [2.45, 2.75) is 33.2 Å². The lowest BCUT2D eigenvalue weighted by Crippen LogP contribution is -2.22. The second kappa shape index (κ2) is 9.08. The van der Waals surface area contributed by atoms with Crippen LogP contribution in [-0.4, -0.2) is 12.6 Å². The van der Waals surface area contributed by atoms with Crippen LogP contribution >= 0.6 is 24.0 Å². The topological polar surface area (TPSA) is 59.6 Å². The van der Waals surface area contributed by atoms with Crippen LogP contribution in [0.2, 0.25) is 0 Å². The first-order valence-electron chi connectivity index (χ1n) is 8.46. The fourth-order valence-electron chi connectivity index (χ4n) is 2.44. The van der Waals surface area contributed by atoms with E-state index in [1.807, 2.05) is 30.3 Å². The summed E-state index contributed by atoms with van der Waals surface area (Å²) in [5.41, 5.74) is 10.5. The van der Waals surface area contributed by atoms with Gasteiger partial charge in [0.2, 0.25) is 0 Å². The van der Waals surface area contributed by atoms with Crippen LogP contribution in [0.25, 0.3) is 0 Å². The summed E-state index contributed by atoms with van der Waals surface area (Å²) < 4.78 is 5.91. The molecule has 0 aliphatic heterocycles. The third-order valence-electron chi connectivity index (χ3n) is 4.34. The van der Waals surface area contributed by atoms with Crippen molar-refractivity contribution in [1.29, 1.82) is 0 Å². The SMILES string of the molecule is Cc1ccc(NC(N)=NCc2ccccc2OCC2CC2)cc1C.I. The van der Waals surface area contributed by atoms with Gasteiger partial charge >= 0.3 is 0 Å². The van der Waals surface area contributed by atoms with Gasteiger partial charge in [-0.15, -0.1) is 24.0 Å². The molecule has 5 heteroatoms. The molecule has 1 saturated carbocycles. The summed E-state index contributed by atoms with van der Waals surface area (Å²) in [5.74, 6) is 2.06. The molecule has 0 bridgehead atoms. The summed E-state index contributed by atoms with van der Waals surface area (Å²) in [6.07, 6.45) is 2.57. The maximum atomic E-state index is 6.02. The summed E-state index contributed by atoms with van der Waals surface area (Å²) in [5, 5.41) is 3.15. The minimum Gasteiger partial charge on any atom is -0.493 e. The molecule has 2 aromatic carbocycles. The number of hydrogen-bond acceptors (Lipinski definition) is 2. The van der Waals surface area contributed by atoms with Crippen molar-refractivity contribution < 1.29 is 4.74 Å². The Kier molecular flexibility index (Phi) is 7.11. The third kappa shape index (κ3) is 5.92. The van der Waals surface area contributed by atoms with Crippen molar-refractivity contribution in [1.82, 2.24) is 0 Å². The number of nitrogens with one attached hydrogen (secondary N) is 1. The molecule has 134 valence electrons. The number of nitrogens with two attached hydrogens (primary N) is 1. The predicted octanol–water partition coefficient (Wildman–Crippen LogP) is 4.64. The molecule has 25 heavy (non-hydrogen) atoms. The highest BCUT2D eigenvalue weighted by Gasteiger charge is 2.22. The zero-order chi connectivity index (χ0) is 16.9. The van der Waals surface area contributed by atoms with Crippen molar-refractivity contribution >= 4 is 35.6 Å². The van der Waals surface area contributed by atoms with Crippen molar-refractivity contribution in [2.24, 2.45) is 16.6 Å². The number of para-hydroxylation sites is 1. The molecule has 0 unspecified atom stereocenters. The molecule has 2 aromatic rings. The largest absolute Gasteiger partial charge is 0.493 e. The van der Waals surface area contributed by atoms with Gasteiger partial charge in [0, 0.05) is 11.3 Å². The second-order valence-corrected chi connectivity index (χ2v) is 6.49. The molecule has 0 radical (unpaired) electrons. The van der Waals surface area contributed by atoms with E-state index in [0.29, 0.717) is 12.5 Å². The van der Waals surface area contributed by atoms with Crippen LogP contribution in [0.1, 0.15) is 29.5 Å². The molecule has 0 spiro atoms. The first-order chi connectivity index (χ1) is 11.6. The molecule has 0 heterocycles. The lowest BCUT2D eigenvalue weighted by atomic mass is 10.1. The van der Waals surface area contributed by atoms with E-state index >= 15 is 0 Å². The van der Waals surface area contributed by atoms with Gasteiger partial charge in [-0.3, -0.25) is 0 Å². The Bertz CT molecular complexity index is 741. The fraction of sp³-hybridized carbons (Fsp3) is 0.350. The van der Waals surface area contributed by atoms with Gasteiger partial charge in [0.15, 0.2) is 5.96 Å². The van der Waals surface area contributed by atoms with Gasteiger partial charge < -0.3 is 15.8 Å².